The number of hydrogen-bond acceptors (Lipinski definition) is 4. The normalized spacial score (nSPS) is 16.8. The van der Waals surface area contributed by atoms with E-state index in [9.17, 15) is 14.9 Å². The molecule has 3 aromatic carbocycles. The molecule has 0 bridgehead atoms. The number of aryl methyl sites for hydroxylation is 1. The van der Waals surface area contributed by atoms with E-state index in [4.69, 9.17) is 0 Å². The summed E-state index contributed by atoms with van der Waals surface area (Å²) in [6, 6.07) is 26.8. The van der Waals surface area contributed by atoms with Crippen molar-refractivity contribution in [2.75, 3.05) is 4.90 Å². The van der Waals surface area contributed by atoms with Gasteiger partial charge in [-0.3, -0.25) is 14.5 Å². The summed E-state index contributed by atoms with van der Waals surface area (Å²) >= 11 is 4.70. The fraction of sp³-hybridized carbons (Fsp3) is 0.148. The van der Waals surface area contributed by atoms with Gasteiger partial charge >= 0.3 is 0 Å². The third-order valence-corrected chi connectivity index (χ3v) is 7.22. The maximum atomic E-state index is 13.5. The van der Waals surface area contributed by atoms with Crippen LogP contribution in [0.15, 0.2) is 93.9 Å². The zero-order valence-electron chi connectivity index (χ0n) is 18.5. The Kier molecular flexibility index (Phi) is 7.51. The molecule has 3 aromatic rings. The van der Waals surface area contributed by atoms with Crippen molar-refractivity contribution in [3.05, 3.63) is 111 Å². The third kappa shape index (κ3) is 5.41. The number of hydrogen-bond donors (Lipinski definition) is 1. The van der Waals surface area contributed by atoms with Crippen LogP contribution in [0.1, 0.15) is 16.7 Å². The maximum absolute atomic E-state index is 13.5. The van der Waals surface area contributed by atoms with Gasteiger partial charge in [0.1, 0.15) is 16.7 Å². The highest BCUT2D eigenvalue weighted by Gasteiger charge is 2.40. The van der Waals surface area contributed by atoms with E-state index in [-0.39, 0.29) is 11.5 Å². The van der Waals surface area contributed by atoms with E-state index in [1.54, 1.807) is 0 Å². The van der Waals surface area contributed by atoms with Crippen LogP contribution in [0.2, 0.25) is 0 Å². The molecule has 0 spiro atoms. The summed E-state index contributed by atoms with van der Waals surface area (Å²) in [5, 5.41) is 12.7. The van der Waals surface area contributed by atoms with E-state index in [2.05, 4.69) is 27.3 Å². The number of benzene rings is 3. The largest absolute Gasteiger partial charge is 0.347 e. The van der Waals surface area contributed by atoms with Crippen LogP contribution < -0.4 is 10.2 Å². The number of amides is 2. The summed E-state index contributed by atoms with van der Waals surface area (Å²) in [5.41, 5.74) is 3.57. The molecule has 0 radical (unpaired) electrons. The average molecular weight is 532 g/mol. The molecule has 170 valence electrons. The zero-order valence-corrected chi connectivity index (χ0v) is 20.9. The van der Waals surface area contributed by atoms with Crippen LogP contribution in [-0.2, 0) is 22.6 Å². The van der Waals surface area contributed by atoms with Crippen molar-refractivity contribution in [3.8, 4) is 6.07 Å². The van der Waals surface area contributed by atoms with Gasteiger partial charge in [-0.15, -0.1) is 0 Å². The van der Waals surface area contributed by atoms with E-state index >= 15 is 0 Å². The lowest BCUT2D eigenvalue weighted by atomic mass is 10.1. The lowest BCUT2D eigenvalue weighted by molar-refractivity contribution is -0.117. The topological polar surface area (TPSA) is 73.2 Å². The Hall–Kier alpha value is -3.34. The molecular formula is C27H22BrN3O2S. The van der Waals surface area contributed by atoms with Crippen LogP contribution in [0.25, 0.3) is 0 Å². The predicted octanol–water partition coefficient (Wildman–Crippen LogP) is 5.50. The number of rotatable bonds is 6. The number of carbonyl (C=O) groups excluding carboxylic acids is 2. The minimum absolute atomic E-state index is 0.0619. The van der Waals surface area contributed by atoms with Crippen LogP contribution in [0, 0.1) is 18.3 Å². The molecule has 0 saturated carbocycles. The lowest BCUT2D eigenvalue weighted by Gasteiger charge is -2.19. The second-order valence-corrected chi connectivity index (χ2v) is 10.0. The van der Waals surface area contributed by atoms with Crippen LogP contribution in [-0.4, -0.2) is 17.1 Å². The Labute approximate surface area is 211 Å². The molecule has 0 aliphatic carbocycles. The predicted molar refractivity (Wildman–Crippen MR) is 139 cm³/mol. The summed E-state index contributed by atoms with van der Waals surface area (Å²) in [4.78, 5) is 28.1. The summed E-state index contributed by atoms with van der Waals surface area (Å²) in [5.74, 6) is -0.640. The molecule has 1 heterocycles. The van der Waals surface area contributed by atoms with Gasteiger partial charge < -0.3 is 5.32 Å². The van der Waals surface area contributed by atoms with Gasteiger partial charge in [0.25, 0.3) is 5.91 Å². The Morgan fingerprint density at radius 2 is 1.71 bits per heavy atom. The van der Waals surface area contributed by atoms with E-state index in [0.29, 0.717) is 23.7 Å². The van der Waals surface area contributed by atoms with Crippen molar-refractivity contribution < 1.29 is 9.59 Å². The van der Waals surface area contributed by atoms with Crippen LogP contribution >= 0.6 is 27.7 Å². The van der Waals surface area contributed by atoms with Gasteiger partial charge in [-0.1, -0.05) is 87.9 Å². The van der Waals surface area contributed by atoms with Gasteiger partial charge in [-0.2, -0.15) is 5.26 Å². The van der Waals surface area contributed by atoms with Crippen molar-refractivity contribution in [1.29, 1.82) is 5.26 Å². The van der Waals surface area contributed by atoms with Crippen molar-refractivity contribution >= 4 is 45.2 Å². The van der Waals surface area contributed by atoms with Crippen LogP contribution in [0.4, 0.5) is 5.69 Å². The molecular weight excluding hydrogens is 510 g/mol. The summed E-state index contributed by atoms with van der Waals surface area (Å²) in [6.07, 6.45) is 0.493. The summed E-state index contributed by atoms with van der Waals surface area (Å²) in [7, 11) is 0. The Morgan fingerprint density at radius 1 is 1.03 bits per heavy atom. The lowest BCUT2D eigenvalue weighted by Crippen LogP contribution is -2.32. The van der Waals surface area contributed by atoms with Crippen molar-refractivity contribution in [2.45, 2.75) is 25.1 Å². The molecule has 5 nitrogen and oxygen atoms in total. The van der Waals surface area contributed by atoms with Crippen molar-refractivity contribution in [2.24, 2.45) is 0 Å². The van der Waals surface area contributed by atoms with Gasteiger partial charge in [-0.05, 0) is 48.7 Å². The number of thioether (sulfide) groups is 1. The monoisotopic (exact) mass is 531 g/mol. The third-order valence-electron chi connectivity index (χ3n) is 5.43. The van der Waals surface area contributed by atoms with E-state index < -0.39 is 11.2 Å². The number of nitrogens with one attached hydrogen (secondary N) is 1. The summed E-state index contributed by atoms with van der Waals surface area (Å²) in [6.45, 7) is 2.26. The number of carbonyl (C=O) groups is 2. The second kappa shape index (κ2) is 10.7. The maximum Gasteiger partial charge on any atom is 0.264 e. The first kappa shape index (κ1) is 23.8. The molecule has 1 aliphatic heterocycles. The Morgan fingerprint density at radius 3 is 2.35 bits per heavy atom. The quantitative estimate of drug-likeness (QED) is 0.336. The average Bonchev–Trinajstić information content (AvgIpc) is 3.16. The van der Waals surface area contributed by atoms with Crippen LogP contribution in [0.5, 0.6) is 0 Å². The standard InChI is InChI=1S/C27H22BrN3O2S/c1-18-7-13-22(14-8-18)31-26(33)24(15-19-9-11-21(28)12-10-19)34-27(31)23(16-29)25(32)30-17-20-5-3-2-4-6-20/h2-14,24H,15,17H2,1H3,(H,30,32)/b27-23-/t24-/m1/s1. The van der Waals surface area contributed by atoms with Gasteiger partial charge in [0.2, 0.25) is 5.91 Å². The highest BCUT2D eigenvalue weighted by atomic mass is 79.9. The molecule has 1 atom stereocenters. The fourth-order valence-corrected chi connectivity index (χ4v) is 5.19. The van der Waals surface area contributed by atoms with E-state index in [1.807, 2.05) is 85.8 Å². The molecule has 0 unspecified atom stereocenters. The molecule has 4 rings (SSSR count). The number of halogens is 1. The SMILES string of the molecule is Cc1ccc(N2C(=O)[C@@H](Cc3ccc(Br)cc3)S/C2=C(/C#N)C(=O)NCc2ccccc2)cc1. The number of anilines is 1. The molecule has 7 heteroatoms. The molecule has 1 saturated heterocycles. The first-order valence-electron chi connectivity index (χ1n) is 10.7. The van der Waals surface area contributed by atoms with Gasteiger partial charge in [0.05, 0.1) is 5.25 Å². The molecule has 0 aromatic heterocycles. The zero-order chi connectivity index (χ0) is 24.1. The smallest absolute Gasteiger partial charge is 0.264 e. The minimum Gasteiger partial charge on any atom is -0.347 e. The minimum atomic E-state index is -0.497. The van der Waals surface area contributed by atoms with E-state index in [0.717, 1.165) is 21.2 Å². The van der Waals surface area contributed by atoms with Gasteiger partial charge in [0, 0.05) is 16.7 Å². The summed E-state index contributed by atoms with van der Waals surface area (Å²) < 4.78 is 0.963. The first-order chi connectivity index (χ1) is 16.5. The number of nitrogens with zero attached hydrogens (tertiary/aromatic N) is 2. The molecule has 1 N–H and O–H groups in total. The Bertz CT molecular complexity index is 1270. The molecule has 34 heavy (non-hydrogen) atoms. The molecule has 1 fully saturated rings. The molecule has 2 amide bonds. The fourth-order valence-electron chi connectivity index (χ4n) is 3.62. The molecule has 1 aliphatic rings. The first-order valence-corrected chi connectivity index (χ1v) is 12.4. The number of nitriles is 1. The van der Waals surface area contributed by atoms with Crippen molar-refractivity contribution in [3.63, 3.8) is 0 Å². The van der Waals surface area contributed by atoms with Gasteiger partial charge in [-0.25, -0.2) is 0 Å². The van der Waals surface area contributed by atoms with Crippen molar-refractivity contribution in [1.82, 2.24) is 5.32 Å². The van der Waals surface area contributed by atoms with E-state index in [1.165, 1.54) is 16.7 Å². The highest BCUT2D eigenvalue weighted by molar-refractivity contribution is 9.10. The second-order valence-electron chi connectivity index (χ2n) is 7.91. The van der Waals surface area contributed by atoms with Crippen LogP contribution in [0.3, 0.4) is 0 Å². The highest BCUT2D eigenvalue weighted by Crippen LogP contribution is 2.42. The van der Waals surface area contributed by atoms with Gasteiger partial charge in [0.15, 0.2) is 0 Å². The Balaban J connectivity index is 1.66.